The zero-order chi connectivity index (χ0) is 12.4. The van der Waals surface area contributed by atoms with Crippen molar-refractivity contribution in [3.8, 4) is 0 Å². The number of hydrogen-bond acceptors (Lipinski definition) is 3. The van der Waals surface area contributed by atoms with Gasteiger partial charge in [-0.15, -0.1) is 0 Å². The van der Waals surface area contributed by atoms with Crippen LogP contribution in [0.1, 0.15) is 33.6 Å². The summed E-state index contributed by atoms with van der Waals surface area (Å²) in [7, 11) is 4.13. The molecule has 0 amide bonds. The molecule has 1 atom stereocenters. The highest BCUT2D eigenvalue weighted by Crippen LogP contribution is 2.05. The van der Waals surface area contributed by atoms with Crippen molar-refractivity contribution in [1.29, 1.82) is 0 Å². The summed E-state index contributed by atoms with van der Waals surface area (Å²) in [4.78, 5) is 2.14. The maximum Gasteiger partial charge on any atom is 0.0593 e. The van der Waals surface area contributed by atoms with Gasteiger partial charge in [0, 0.05) is 19.1 Å². The molecule has 98 valence electrons. The molecular weight excluding hydrogens is 200 g/mol. The Labute approximate surface area is 102 Å². The average molecular weight is 230 g/mol. The lowest BCUT2D eigenvalue weighted by Gasteiger charge is -2.15. The summed E-state index contributed by atoms with van der Waals surface area (Å²) in [6.45, 7) is 10.4. The lowest BCUT2D eigenvalue weighted by molar-refractivity contribution is 0.117. The van der Waals surface area contributed by atoms with Crippen molar-refractivity contribution >= 4 is 0 Å². The fourth-order valence-corrected chi connectivity index (χ4v) is 1.41. The number of nitrogens with one attached hydrogen (secondary N) is 1. The Kier molecular flexibility index (Phi) is 9.99. The quantitative estimate of drug-likeness (QED) is 0.581. The Bertz CT molecular complexity index is 149. The molecule has 0 aromatic carbocycles. The van der Waals surface area contributed by atoms with E-state index >= 15 is 0 Å². The summed E-state index contributed by atoms with van der Waals surface area (Å²) in [5.41, 5.74) is 0. The molecule has 0 aliphatic carbocycles. The minimum Gasteiger partial charge on any atom is -0.379 e. The summed E-state index contributed by atoms with van der Waals surface area (Å²) in [5.74, 6) is 0.806. The topological polar surface area (TPSA) is 24.5 Å². The molecule has 0 saturated carbocycles. The minimum atomic E-state index is 0.611. The normalized spacial score (nSPS) is 13.7. The highest BCUT2D eigenvalue weighted by Gasteiger charge is 2.02. The van der Waals surface area contributed by atoms with E-state index in [2.05, 4.69) is 45.1 Å². The molecule has 0 rings (SSSR count). The molecule has 16 heavy (non-hydrogen) atoms. The van der Waals surface area contributed by atoms with Crippen molar-refractivity contribution in [3.63, 3.8) is 0 Å². The molecule has 0 radical (unpaired) electrons. The van der Waals surface area contributed by atoms with Gasteiger partial charge >= 0.3 is 0 Å². The van der Waals surface area contributed by atoms with Crippen LogP contribution in [0.2, 0.25) is 0 Å². The van der Waals surface area contributed by atoms with Crippen LogP contribution in [0, 0.1) is 5.92 Å². The SMILES string of the molecule is CC(C)CCC(C)NCCOCCN(C)C. The van der Waals surface area contributed by atoms with Crippen LogP contribution in [0.3, 0.4) is 0 Å². The van der Waals surface area contributed by atoms with Crippen molar-refractivity contribution in [2.45, 2.75) is 39.7 Å². The van der Waals surface area contributed by atoms with Gasteiger partial charge in [-0.3, -0.25) is 0 Å². The summed E-state index contributed by atoms with van der Waals surface area (Å²) < 4.78 is 5.52. The summed E-state index contributed by atoms with van der Waals surface area (Å²) in [6, 6.07) is 0.611. The zero-order valence-electron chi connectivity index (χ0n) is 11.8. The third-order valence-electron chi connectivity index (χ3n) is 2.60. The first kappa shape index (κ1) is 15.9. The third kappa shape index (κ3) is 12.0. The molecular formula is C13H30N2O. The lowest BCUT2D eigenvalue weighted by Crippen LogP contribution is -2.30. The van der Waals surface area contributed by atoms with E-state index in [0.29, 0.717) is 6.04 Å². The highest BCUT2D eigenvalue weighted by molar-refractivity contribution is 4.61. The number of nitrogens with zero attached hydrogens (tertiary/aromatic N) is 1. The average Bonchev–Trinajstić information content (AvgIpc) is 2.19. The Morgan fingerprint density at radius 2 is 1.75 bits per heavy atom. The largest absolute Gasteiger partial charge is 0.379 e. The maximum atomic E-state index is 5.52. The van der Waals surface area contributed by atoms with Crippen molar-refractivity contribution < 1.29 is 4.74 Å². The van der Waals surface area contributed by atoms with Gasteiger partial charge < -0.3 is 15.0 Å². The Morgan fingerprint density at radius 1 is 1.06 bits per heavy atom. The number of hydrogen-bond donors (Lipinski definition) is 1. The highest BCUT2D eigenvalue weighted by atomic mass is 16.5. The smallest absolute Gasteiger partial charge is 0.0593 e. The van der Waals surface area contributed by atoms with Crippen molar-refractivity contribution in [1.82, 2.24) is 10.2 Å². The third-order valence-corrected chi connectivity index (χ3v) is 2.60. The predicted octanol–water partition coefficient (Wildman–Crippen LogP) is 1.98. The first-order chi connectivity index (χ1) is 7.52. The van der Waals surface area contributed by atoms with E-state index in [-0.39, 0.29) is 0 Å². The second-order valence-electron chi connectivity index (χ2n) is 5.24. The van der Waals surface area contributed by atoms with E-state index in [1.807, 2.05) is 0 Å². The van der Waals surface area contributed by atoms with Gasteiger partial charge in [-0.05, 0) is 39.8 Å². The van der Waals surface area contributed by atoms with Gasteiger partial charge in [0.2, 0.25) is 0 Å². The van der Waals surface area contributed by atoms with Gasteiger partial charge in [-0.1, -0.05) is 13.8 Å². The molecule has 1 unspecified atom stereocenters. The van der Waals surface area contributed by atoms with E-state index in [0.717, 1.165) is 32.2 Å². The monoisotopic (exact) mass is 230 g/mol. The van der Waals surface area contributed by atoms with E-state index in [1.54, 1.807) is 0 Å². The Hall–Kier alpha value is -0.120. The van der Waals surface area contributed by atoms with Crippen LogP contribution in [0.15, 0.2) is 0 Å². The first-order valence-electron chi connectivity index (χ1n) is 6.48. The molecule has 0 aliphatic heterocycles. The second kappa shape index (κ2) is 10.1. The standard InChI is InChI=1S/C13H30N2O/c1-12(2)6-7-13(3)14-8-10-16-11-9-15(4)5/h12-14H,6-11H2,1-5H3. The van der Waals surface area contributed by atoms with E-state index in [4.69, 9.17) is 4.74 Å². The summed E-state index contributed by atoms with van der Waals surface area (Å²) in [5, 5.41) is 3.49. The lowest BCUT2D eigenvalue weighted by atomic mass is 10.0. The van der Waals surface area contributed by atoms with Crippen LogP contribution < -0.4 is 5.32 Å². The summed E-state index contributed by atoms with van der Waals surface area (Å²) >= 11 is 0. The van der Waals surface area contributed by atoms with Gasteiger partial charge in [0.1, 0.15) is 0 Å². The molecule has 0 saturated heterocycles. The van der Waals surface area contributed by atoms with Crippen LogP contribution >= 0.6 is 0 Å². The summed E-state index contributed by atoms with van der Waals surface area (Å²) in [6.07, 6.45) is 2.56. The van der Waals surface area contributed by atoms with Crippen LogP contribution in [-0.2, 0) is 4.74 Å². The molecule has 0 bridgehead atoms. The fraction of sp³-hybridized carbons (Fsp3) is 1.00. The van der Waals surface area contributed by atoms with Gasteiger partial charge in [0.15, 0.2) is 0 Å². The van der Waals surface area contributed by atoms with E-state index in [1.165, 1.54) is 12.8 Å². The predicted molar refractivity (Wildman–Crippen MR) is 70.9 cm³/mol. The molecule has 0 fully saturated rings. The van der Waals surface area contributed by atoms with Crippen LogP contribution in [0.25, 0.3) is 0 Å². The van der Waals surface area contributed by atoms with Crippen LogP contribution in [-0.4, -0.2) is 51.3 Å². The van der Waals surface area contributed by atoms with E-state index in [9.17, 15) is 0 Å². The molecule has 0 heterocycles. The van der Waals surface area contributed by atoms with E-state index < -0.39 is 0 Å². The molecule has 0 aromatic rings. The molecule has 0 spiro atoms. The van der Waals surface area contributed by atoms with Gasteiger partial charge in [0.25, 0.3) is 0 Å². The second-order valence-corrected chi connectivity index (χ2v) is 5.24. The maximum absolute atomic E-state index is 5.52. The Morgan fingerprint density at radius 3 is 2.31 bits per heavy atom. The first-order valence-corrected chi connectivity index (χ1v) is 6.48. The van der Waals surface area contributed by atoms with Crippen LogP contribution in [0.4, 0.5) is 0 Å². The number of ether oxygens (including phenoxy) is 1. The van der Waals surface area contributed by atoms with Crippen molar-refractivity contribution in [2.75, 3.05) is 40.4 Å². The molecule has 1 N–H and O–H groups in total. The van der Waals surface area contributed by atoms with Gasteiger partial charge in [0.05, 0.1) is 13.2 Å². The number of likely N-dealkylation sites (N-methyl/N-ethyl adjacent to an activating group) is 1. The molecule has 0 aliphatic rings. The minimum absolute atomic E-state index is 0.611. The van der Waals surface area contributed by atoms with Gasteiger partial charge in [-0.2, -0.15) is 0 Å². The molecule has 0 aromatic heterocycles. The zero-order valence-corrected chi connectivity index (χ0v) is 11.8. The molecule has 3 heteroatoms. The number of rotatable bonds is 10. The fourth-order valence-electron chi connectivity index (χ4n) is 1.41. The van der Waals surface area contributed by atoms with Crippen molar-refractivity contribution in [3.05, 3.63) is 0 Å². The Balaban J connectivity index is 3.18. The van der Waals surface area contributed by atoms with Gasteiger partial charge in [-0.25, -0.2) is 0 Å². The van der Waals surface area contributed by atoms with Crippen molar-refractivity contribution in [2.24, 2.45) is 5.92 Å². The van der Waals surface area contributed by atoms with Crippen LogP contribution in [0.5, 0.6) is 0 Å². The molecule has 3 nitrogen and oxygen atoms in total.